The summed E-state index contributed by atoms with van der Waals surface area (Å²) in [6.07, 6.45) is 0. The predicted octanol–water partition coefficient (Wildman–Crippen LogP) is 3.78. The van der Waals surface area contributed by atoms with Crippen LogP contribution >= 0.6 is 11.8 Å². The highest BCUT2D eigenvalue weighted by Gasteiger charge is 2.32. The molecule has 0 aliphatic carbocycles. The molecule has 1 saturated heterocycles. The van der Waals surface area contributed by atoms with Crippen LogP contribution in [0.5, 0.6) is 5.75 Å². The van der Waals surface area contributed by atoms with E-state index in [1.54, 1.807) is 18.9 Å². The Kier molecular flexibility index (Phi) is 4.39. The average molecular weight is 313 g/mol. The van der Waals surface area contributed by atoms with Gasteiger partial charge in [-0.15, -0.1) is 11.8 Å². The van der Waals surface area contributed by atoms with Gasteiger partial charge in [0.25, 0.3) is 0 Å². The van der Waals surface area contributed by atoms with Gasteiger partial charge >= 0.3 is 0 Å². The van der Waals surface area contributed by atoms with Gasteiger partial charge in [0.2, 0.25) is 5.91 Å². The number of methoxy groups -OCH3 is 1. The second-order valence-corrected chi connectivity index (χ2v) is 6.51. The van der Waals surface area contributed by atoms with E-state index in [0.29, 0.717) is 12.3 Å². The summed E-state index contributed by atoms with van der Waals surface area (Å²) in [5.74, 6) is 1.58. The lowest BCUT2D eigenvalue weighted by Gasteiger charge is -2.24. The van der Waals surface area contributed by atoms with Crippen LogP contribution in [-0.4, -0.2) is 23.7 Å². The van der Waals surface area contributed by atoms with E-state index in [-0.39, 0.29) is 11.3 Å². The van der Waals surface area contributed by atoms with Crippen molar-refractivity contribution in [3.63, 3.8) is 0 Å². The maximum atomic E-state index is 12.2. The Labute approximate surface area is 135 Å². The molecule has 4 heteroatoms. The average Bonchev–Trinajstić information content (AvgIpc) is 2.90. The fourth-order valence-corrected chi connectivity index (χ4v) is 3.75. The molecule has 2 aromatic rings. The standard InChI is InChI=1S/C18H19NO2S/c1-13-3-7-15(8-4-13)18-19(17(20)12-22-18)11-14-5-9-16(21-2)10-6-14/h3-10,18H,11-12H2,1-2H3/t18-/m1/s1. The Morgan fingerprint density at radius 3 is 2.45 bits per heavy atom. The van der Waals surface area contributed by atoms with Crippen LogP contribution in [0.2, 0.25) is 0 Å². The number of hydrogen-bond acceptors (Lipinski definition) is 3. The van der Waals surface area contributed by atoms with Crippen LogP contribution in [0.25, 0.3) is 0 Å². The summed E-state index contributed by atoms with van der Waals surface area (Å²) in [5.41, 5.74) is 3.54. The van der Waals surface area contributed by atoms with Gasteiger partial charge in [0.15, 0.2) is 0 Å². The van der Waals surface area contributed by atoms with Gasteiger partial charge in [-0.3, -0.25) is 4.79 Å². The summed E-state index contributed by atoms with van der Waals surface area (Å²) in [5, 5.41) is 0.107. The molecule has 0 bridgehead atoms. The number of thioether (sulfide) groups is 1. The maximum absolute atomic E-state index is 12.2. The SMILES string of the molecule is COc1ccc(CN2C(=O)CS[C@@H]2c2ccc(C)cc2)cc1. The van der Waals surface area contributed by atoms with Crippen LogP contribution in [0.3, 0.4) is 0 Å². The van der Waals surface area contributed by atoms with E-state index in [0.717, 1.165) is 11.3 Å². The van der Waals surface area contributed by atoms with Gasteiger partial charge in [-0.2, -0.15) is 0 Å². The van der Waals surface area contributed by atoms with Crippen LogP contribution in [0.4, 0.5) is 0 Å². The zero-order chi connectivity index (χ0) is 15.5. The molecule has 0 radical (unpaired) electrons. The van der Waals surface area contributed by atoms with Crippen molar-refractivity contribution >= 4 is 17.7 Å². The van der Waals surface area contributed by atoms with E-state index < -0.39 is 0 Å². The van der Waals surface area contributed by atoms with Crippen molar-refractivity contribution in [3.05, 3.63) is 65.2 Å². The molecular formula is C18H19NO2S. The predicted molar refractivity (Wildman–Crippen MR) is 89.9 cm³/mol. The fourth-order valence-electron chi connectivity index (χ4n) is 2.56. The highest BCUT2D eigenvalue weighted by atomic mass is 32.2. The van der Waals surface area contributed by atoms with Crippen LogP contribution in [-0.2, 0) is 11.3 Å². The fraction of sp³-hybridized carbons (Fsp3) is 0.278. The lowest BCUT2D eigenvalue weighted by Crippen LogP contribution is -2.27. The summed E-state index contributed by atoms with van der Waals surface area (Å²) < 4.78 is 5.18. The molecule has 3 rings (SSSR count). The quantitative estimate of drug-likeness (QED) is 0.860. The first-order valence-electron chi connectivity index (χ1n) is 7.28. The summed E-state index contributed by atoms with van der Waals surface area (Å²) in [6, 6.07) is 16.3. The number of ether oxygens (including phenoxy) is 1. The molecule has 1 aliphatic heterocycles. The Morgan fingerprint density at radius 1 is 1.14 bits per heavy atom. The van der Waals surface area contributed by atoms with E-state index in [9.17, 15) is 4.79 Å². The molecule has 1 fully saturated rings. The minimum atomic E-state index is 0.107. The highest BCUT2D eigenvalue weighted by molar-refractivity contribution is 8.00. The first kappa shape index (κ1) is 15.0. The van der Waals surface area contributed by atoms with Gasteiger partial charge in [-0.25, -0.2) is 0 Å². The zero-order valence-electron chi connectivity index (χ0n) is 12.8. The molecule has 1 atom stereocenters. The molecule has 1 heterocycles. The number of amides is 1. The first-order valence-corrected chi connectivity index (χ1v) is 8.33. The topological polar surface area (TPSA) is 29.5 Å². The number of benzene rings is 2. The Hall–Kier alpha value is -1.94. The number of carbonyl (C=O) groups is 1. The van der Waals surface area contributed by atoms with Crippen LogP contribution in [0.1, 0.15) is 22.1 Å². The second-order valence-electron chi connectivity index (χ2n) is 5.44. The Balaban J connectivity index is 1.79. The third kappa shape index (κ3) is 3.12. The smallest absolute Gasteiger partial charge is 0.234 e. The van der Waals surface area contributed by atoms with E-state index in [2.05, 4.69) is 31.2 Å². The van der Waals surface area contributed by atoms with Crippen molar-refractivity contribution in [3.8, 4) is 5.75 Å². The molecule has 1 amide bonds. The lowest BCUT2D eigenvalue weighted by atomic mass is 10.1. The molecule has 2 aromatic carbocycles. The van der Waals surface area contributed by atoms with Gasteiger partial charge in [0, 0.05) is 6.54 Å². The van der Waals surface area contributed by atoms with E-state index in [1.165, 1.54) is 11.1 Å². The van der Waals surface area contributed by atoms with Gasteiger partial charge in [0.05, 0.1) is 12.9 Å². The highest BCUT2D eigenvalue weighted by Crippen LogP contribution is 2.39. The molecule has 0 N–H and O–H groups in total. The largest absolute Gasteiger partial charge is 0.497 e. The molecule has 0 unspecified atom stereocenters. The first-order chi connectivity index (χ1) is 10.7. The van der Waals surface area contributed by atoms with Gasteiger partial charge in [0.1, 0.15) is 11.1 Å². The molecule has 114 valence electrons. The molecule has 0 spiro atoms. The van der Waals surface area contributed by atoms with Crippen molar-refractivity contribution in [2.75, 3.05) is 12.9 Å². The van der Waals surface area contributed by atoms with Crippen molar-refractivity contribution in [1.29, 1.82) is 0 Å². The van der Waals surface area contributed by atoms with Gasteiger partial charge in [-0.05, 0) is 30.2 Å². The van der Waals surface area contributed by atoms with Crippen molar-refractivity contribution in [1.82, 2.24) is 4.90 Å². The number of nitrogens with zero attached hydrogens (tertiary/aromatic N) is 1. The molecular weight excluding hydrogens is 294 g/mol. The number of rotatable bonds is 4. The normalized spacial score (nSPS) is 17.8. The van der Waals surface area contributed by atoms with Crippen LogP contribution in [0.15, 0.2) is 48.5 Å². The minimum absolute atomic E-state index is 0.107. The van der Waals surface area contributed by atoms with Crippen molar-refractivity contribution < 1.29 is 9.53 Å². The number of carbonyl (C=O) groups excluding carboxylic acids is 1. The summed E-state index contributed by atoms with van der Waals surface area (Å²) >= 11 is 1.70. The zero-order valence-corrected chi connectivity index (χ0v) is 13.6. The van der Waals surface area contributed by atoms with Gasteiger partial charge in [-0.1, -0.05) is 42.0 Å². The third-order valence-electron chi connectivity index (χ3n) is 3.84. The molecule has 3 nitrogen and oxygen atoms in total. The monoisotopic (exact) mass is 313 g/mol. The van der Waals surface area contributed by atoms with E-state index in [4.69, 9.17) is 4.74 Å². The summed E-state index contributed by atoms with van der Waals surface area (Å²) in [4.78, 5) is 14.2. The maximum Gasteiger partial charge on any atom is 0.234 e. The second kappa shape index (κ2) is 6.44. The third-order valence-corrected chi connectivity index (χ3v) is 5.10. The molecule has 0 aromatic heterocycles. The molecule has 22 heavy (non-hydrogen) atoms. The van der Waals surface area contributed by atoms with E-state index in [1.807, 2.05) is 29.2 Å². The molecule has 1 aliphatic rings. The van der Waals surface area contributed by atoms with Crippen molar-refractivity contribution in [2.24, 2.45) is 0 Å². The molecule has 0 saturated carbocycles. The minimum Gasteiger partial charge on any atom is -0.497 e. The van der Waals surface area contributed by atoms with Crippen molar-refractivity contribution in [2.45, 2.75) is 18.8 Å². The number of aryl methyl sites for hydroxylation is 1. The van der Waals surface area contributed by atoms with E-state index >= 15 is 0 Å². The Bertz CT molecular complexity index is 652. The number of hydrogen-bond donors (Lipinski definition) is 0. The summed E-state index contributed by atoms with van der Waals surface area (Å²) in [6.45, 7) is 2.71. The summed E-state index contributed by atoms with van der Waals surface area (Å²) in [7, 11) is 1.66. The Morgan fingerprint density at radius 2 is 1.82 bits per heavy atom. The van der Waals surface area contributed by atoms with Gasteiger partial charge < -0.3 is 9.64 Å². The van der Waals surface area contributed by atoms with Crippen LogP contribution in [0, 0.1) is 6.92 Å². The lowest BCUT2D eigenvalue weighted by molar-refractivity contribution is -0.128. The van der Waals surface area contributed by atoms with Crippen LogP contribution < -0.4 is 4.74 Å².